The number of nitrogens with zero attached hydrogens (tertiary/aromatic N) is 1. The van der Waals surface area contributed by atoms with E-state index in [2.05, 4.69) is 50.6 Å². The number of rotatable bonds is 6. The third kappa shape index (κ3) is 9.23. The molecule has 0 rings (SSSR count). The van der Waals surface area contributed by atoms with E-state index in [0.717, 1.165) is 18.7 Å². The Hall–Kier alpha value is -1.08. The topological polar surface area (TPSA) is 3.24 Å². The van der Waals surface area contributed by atoms with Crippen LogP contribution in [0.1, 0.15) is 20.8 Å². The van der Waals surface area contributed by atoms with E-state index < -0.39 is 0 Å². The molecule has 0 radical (unpaired) electrons. The molecule has 0 heterocycles. The summed E-state index contributed by atoms with van der Waals surface area (Å²) in [6.07, 6.45) is 10.4. The average Bonchev–Trinajstić information content (AvgIpc) is 2.16. The molecule has 0 aromatic carbocycles. The molecule has 0 saturated carbocycles. The highest BCUT2D eigenvalue weighted by Crippen LogP contribution is 1.96. The predicted molar refractivity (Wildman–Crippen MR) is 70.0 cm³/mol. The van der Waals surface area contributed by atoms with E-state index >= 15 is 0 Å². The summed E-state index contributed by atoms with van der Waals surface area (Å²) in [7, 11) is 2.12. The summed E-state index contributed by atoms with van der Waals surface area (Å²) in [4.78, 5) is 2.28. The zero-order valence-electron chi connectivity index (χ0n) is 10.5. The van der Waals surface area contributed by atoms with Crippen LogP contribution in [0.5, 0.6) is 0 Å². The fraction of sp³-hybridized carbons (Fsp3) is 0.429. The molecule has 0 fully saturated rings. The SMILES string of the molecule is C=C(C)/C=C\C=C/CN(C)C/C(C)=C\C. The lowest BCUT2D eigenvalue weighted by Crippen LogP contribution is -2.20. The summed E-state index contributed by atoms with van der Waals surface area (Å²) in [5.41, 5.74) is 2.49. The molecule has 84 valence electrons. The van der Waals surface area contributed by atoms with Gasteiger partial charge in [-0.3, -0.25) is 4.90 Å². The van der Waals surface area contributed by atoms with Crippen LogP contribution in [-0.4, -0.2) is 25.0 Å². The third-order valence-corrected chi connectivity index (χ3v) is 2.06. The molecular weight excluding hydrogens is 182 g/mol. The van der Waals surface area contributed by atoms with E-state index in [1.54, 1.807) is 0 Å². The minimum Gasteiger partial charge on any atom is -0.299 e. The van der Waals surface area contributed by atoms with Gasteiger partial charge in [0.15, 0.2) is 0 Å². The van der Waals surface area contributed by atoms with Crippen LogP contribution in [0.3, 0.4) is 0 Å². The fourth-order valence-corrected chi connectivity index (χ4v) is 1.12. The summed E-state index contributed by atoms with van der Waals surface area (Å²) in [6.45, 7) is 12.0. The largest absolute Gasteiger partial charge is 0.299 e. The highest BCUT2D eigenvalue weighted by Gasteiger charge is 1.94. The molecule has 0 bridgehead atoms. The molecule has 0 saturated heterocycles. The van der Waals surface area contributed by atoms with Crippen LogP contribution in [0, 0.1) is 0 Å². The van der Waals surface area contributed by atoms with Crippen molar-refractivity contribution < 1.29 is 0 Å². The van der Waals surface area contributed by atoms with Gasteiger partial charge < -0.3 is 0 Å². The van der Waals surface area contributed by atoms with Gasteiger partial charge in [0.1, 0.15) is 0 Å². The lowest BCUT2D eigenvalue weighted by molar-refractivity contribution is 0.402. The van der Waals surface area contributed by atoms with Crippen molar-refractivity contribution >= 4 is 0 Å². The van der Waals surface area contributed by atoms with Crippen molar-refractivity contribution in [3.8, 4) is 0 Å². The van der Waals surface area contributed by atoms with E-state index in [1.807, 2.05) is 19.1 Å². The van der Waals surface area contributed by atoms with Gasteiger partial charge >= 0.3 is 0 Å². The Labute approximate surface area is 94.5 Å². The van der Waals surface area contributed by atoms with Crippen molar-refractivity contribution in [3.05, 3.63) is 48.1 Å². The molecule has 1 nitrogen and oxygen atoms in total. The van der Waals surface area contributed by atoms with Gasteiger partial charge in [-0.2, -0.15) is 0 Å². The van der Waals surface area contributed by atoms with Gasteiger partial charge in [0, 0.05) is 13.1 Å². The Bertz CT molecular complexity index is 269. The first kappa shape index (κ1) is 13.9. The van der Waals surface area contributed by atoms with Crippen LogP contribution in [0.15, 0.2) is 48.1 Å². The molecule has 0 aliphatic carbocycles. The van der Waals surface area contributed by atoms with Crippen LogP contribution in [0.4, 0.5) is 0 Å². The molecule has 0 unspecified atom stereocenters. The second-order valence-electron chi connectivity index (χ2n) is 3.97. The maximum absolute atomic E-state index is 3.80. The Morgan fingerprint density at radius 3 is 2.47 bits per heavy atom. The van der Waals surface area contributed by atoms with Crippen molar-refractivity contribution in [2.75, 3.05) is 20.1 Å². The van der Waals surface area contributed by atoms with Crippen molar-refractivity contribution in [2.45, 2.75) is 20.8 Å². The molecule has 0 atom stereocenters. The second kappa shape index (κ2) is 8.25. The molecule has 0 aromatic rings. The second-order valence-corrected chi connectivity index (χ2v) is 3.97. The molecule has 0 amide bonds. The van der Waals surface area contributed by atoms with Crippen LogP contribution in [0.2, 0.25) is 0 Å². The van der Waals surface area contributed by atoms with Crippen LogP contribution in [-0.2, 0) is 0 Å². The minimum absolute atomic E-state index is 0.978. The number of hydrogen-bond acceptors (Lipinski definition) is 1. The molecule has 0 aromatic heterocycles. The van der Waals surface area contributed by atoms with Gasteiger partial charge in [-0.05, 0) is 27.8 Å². The van der Waals surface area contributed by atoms with Gasteiger partial charge in [0.25, 0.3) is 0 Å². The first-order valence-corrected chi connectivity index (χ1v) is 5.35. The Morgan fingerprint density at radius 2 is 1.93 bits per heavy atom. The highest BCUT2D eigenvalue weighted by atomic mass is 15.1. The van der Waals surface area contributed by atoms with Gasteiger partial charge in [0.2, 0.25) is 0 Å². The van der Waals surface area contributed by atoms with Crippen molar-refractivity contribution in [2.24, 2.45) is 0 Å². The Morgan fingerprint density at radius 1 is 1.27 bits per heavy atom. The van der Waals surface area contributed by atoms with E-state index in [0.29, 0.717) is 0 Å². The third-order valence-electron chi connectivity index (χ3n) is 2.06. The fourth-order valence-electron chi connectivity index (χ4n) is 1.12. The summed E-state index contributed by atoms with van der Waals surface area (Å²) < 4.78 is 0. The Balaban J connectivity index is 3.80. The molecule has 15 heavy (non-hydrogen) atoms. The molecule has 1 heteroatoms. The van der Waals surface area contributed by atoms with Crippen molar-refractivity contribution in [1.82, 2.24) is 4.90 Å². The summed E-state index contributed by atoms with van der Waals surface area (Å²) in [5.74, 6) is 0. The zero-order valence-corrected chi connectivity index (χ0v) is 10.5. The monoisotopic (exact) mass is 205 g/mol. The molecule has 0 aliphatic heterocycles. The van der Waals surface area contributed by atoms with E-state index in [4.69, 9.17) is 0 Å². The zero-order chi connectivity index (χ0) is 11.7. The first-order valence-electron chi connectivity index (χ1n) is 5.35. The summed E-state index contributed by atoms with van der Waals surface area (Å²) in [6, 6.07) is 0. The number of hydrogen-bond donors (Lipinski definition) is 0. The smallest absolute Gasteiger partial charge is 0.0190 e. The lowest BCUT2D eigenvalue weighted by Gasteiger charge is -2.13. The van der Waals surface area contributed by atoms with E-state index in [1.165, 1.54) is 5.57 Å². The number of likely N-dealkylation sites (N-methyl/N-ethyl adjacent to an activating group) is 1. The van der Waals surface area contributed by atoms with Crippen molar-refractivity contribution in [3.63, 3.8) is 0 Å². The van der Waals surface area contributed by atoms with Crippen molar-refractivity contribution in [1.29, 1.82) is 0 Å². The minimum atomic E-state index is 0.978. The quantitative estimate of drug-likeness (QED) is 0.473. The van der Waals surface area contributed by atoms with E-state index in [9.17, 15) is 0 Å². The summed E-state index contributed by atoms with van der Waals surface area (Å²) in [5, 5.41) is 0. The van der Waals surface area contributed by atoms with Crippen LogP contribution in [0.25, 0.3) is 0 Å². The standard InChI is InChI=1S/C14H23N/c1-6-14(4)12-15(5)11-9-7-8-10-13(2)3/h6-10H,2,11-12H2,1,3-5H3/b9-7-,10-8-,14-6-. The van der Waals surface area contributed by atoms with Crippen LogP contribution >= 0.6 is 0 Å². The highest BCUT2D eigenvalue weighted by molar-refractivity contribution is 5.16. The number of allylic oxidation sites excluding steroid dienone is 5. The normalized spacial score (nSPS) is 13.3. The summed E-state index contributed by atoms with van der Waals surface area (Å²) >= 11 is 0. The molecule has 0 spiro atoms. The molecule has 0 N–H and O–H groups in total. The van der Waals surface area contributed by atoms with E-state index in [-0.39, 0.29) is 0 Å². The van der Waals surface area contributed by atoms with Crippen LogP contribution < -0.4 is 0 Å². The average molecular weight is 205 g/mol. The molecular formula is C14H23N. The first-order chi connectivity index (χ1) is 7.06. The Kier molecular flexibility index (Phi) is 7.65. The van der Waals surface area contributed by atoms with Gasteiger partial charge in [0.05, 0.1) is 0 Å². The predicted octanol–water partition coefficient (Wildman–Crippen LogP) is 3.57. The maximum atomic E-state index is 3.80. The molecule has 0 aliphatic rings. The lowest BCUT2D eigenvalue weighted by atomic mass is 10.2. The van der Waals surface area contributed by atoms with Gasteiger partial charge in [-0.1, -0.05) is 48.1 Å². The van der Waals surface area contributed by atoms with Gasteiger partial charge in [-0.15, -0.1) is 0 Å². The van der Waals surface area contributed by atoms with Gasteiger partial charge in [-0.25, -0.2) is 0 Å². The maximum Gasteiger partial charge on any atom is 0.0190 e.